The molecule has 9 nitrogen and oxygen atoms in total. The van der Waals surface area contributed by atoms with E-state index >= 15 is 0 Å². The molecule has 0 aromatic heterocycles. The summed E-state index contributed by atoms with van der Waals surface area (Å²) >= 11 is 0. The van der Waals surface area contributed by atoms with Gasteiger partial charge in [0.2, 0.25) is 0 Å². The fourth-order valence-corrected chi connectivity index (χ4v) is 4.37. The van der Waals surface area contributed by atoms with Gasteiger partial charge in [-0.15, -0.1) is 0 Å². The molecule has 2 heterocycles. The van der Waals surface area contributed by atoms with Gasteiger partial charge in [0, 0.05) is 5.37 Å². The molecule has 0 radical (unpaired) electrons. The Morgan fingerprint density at radius 3 is 1.82 bits per heavy atom. The van der Waals surface area contributed by atoms with Crippen LogP contribution in [0.5, 0.6) is 0 Å². The molecule has 0 unspecified atom stereocenters. The molecule has 2 aromatic carbocycles. The Kier molecular flexibility index (Phi) is 8.34. The van der Waals surface area contributed by atoms with Gasteiger partial charge in [-0.05, 0) is 70.5 Å². The van der Waals surface area contributed by atoms with Crippen LogP contribution in [0.3, 0.4) is 0 Å². The minimum Gasteiger partial charge on any atom is -0.495 e. The van der Waals surface area contributed by atoms with Gasteiger partial charge in [0.1, 0.15) is 0 Å². The summed E-state index contributed by atoms with van der Waals surface area (Å²) in [5.74, 6) is -1.56. The second kappa shape index (κ2) is 11.4. The van der Waals surface area contributed by atoms with Gasteiger partial charge in [-0.1, -0.05) is 42.5 Å². The Morgan fingerprint density at radius 2 is 1.31 bits per heavy atom. The lowest BCUT2D eigenvalue weighted by Gasteiger charge is -2.32. The molecule has 2 fully saturated rings. The zero-order chi connectivity index (χ0) is 28.4. The van der Waals surface area contributed by atoms with Crippen LogP contribution in [0.4, 0.5) is 0 Å². The van der Waals surface area contributed by atoms with Crippen LogP contribution in [0.25, 0.3) is 5.57 Å². The van der Waals surface area contributed by atoms with Crippen LogP contribution in [-0.2, 0) is 32.9 Å². The molecular weight excluding hydrogens is 500 g/mol. The second-order valence-corrected chi connectivity index (χ2v) is 10.6. The third-order valence-corrected chi connectivity index (χ3v) is 7.07. The van der Waals surface area contributed by atoms with Gasteiger partial charge in [-0.2, -0.15) is 0 Å². The molecule has 11 heteroatoms. The van der Waals surface area contributed by atoms with E-state index in [0.29, 0.717) is 22.1 Å². The molecule has 0 N–H and O–H groups in total. The van der Waals surface area contributed by atoms with E-state index in [0.717, 1.165) is 5.56 Å². The number of carbonyl (C=O) groups is 3. The number of nitrogens with zero attached hydrogens (tertiary/aromatic N) is 1. The smallest absolute Gasteiger partial charge is 0.495 e. The summed E-state index contributed by atoms with van der Waals surface area (Å²) in [4.78, 5) is 39.4. The van der Waals surface area contributed by atoms with Crippen LogP contribution in [0, 0.1) is 0 Å². The number of hydrogen-bond donors (Lipinski definition) is 0. The number of esters is 1. The standard InChI is InChI=1S/C28H33B2NO8/c1-7-35-26(34)21-15-13-20(14-16-21)24(19-11-9-8-10-12-19)25(30-38-27(2,3)28(4,5)39-30)29-36-22(32)17-31(6)18-23(33)37-29/h8-16H,7,17-18H2,1-6H3/b25-24-. The molecule has 2 aliphatic heterocycles. The second-order valence-electron chi connectivity index (χ2n) is 10.6. The largest absolute Gasteiger partial charge is 0.628 e. The van der Waals surface area contributed by atoms with Crippen molar-refractivity contribution in [3.63, 3.8) is 0 Å². The Bertz CT molecular complexity index is 1220. The zero-order valence-corrected chi connectivity index (χ0v) is 23.2. The first-order valence-electron chi connectivity index (χ1n) is 12.9. The Labute approximate surface area is 229 Å². The molecule has 0 bridgehead atoms. The van der Waals surface area contributed by atoms with Gasteiger partial charge in [0.05, 0.1) is 36.5 Å². The average molecular weight is 533 g/mol. The van der Waals surface area contributed by atoms with Crippen LogP contribution in [0.1, 0.15) is 56.1 Å². The lowest BCUT2D eigenvalue weighted by Crippen LogP contribution is -2.47. The van der Waals surface area contributed by atoms with Crippen molar-refractivity contribution in [2.75, 3.05) is 26.7 Å². The highest BCUT2D eigenvalue weighted by Gasteiger charge is 2.57. The predicted octanol–water partition coefficient (Wildman–Crippen LogP) is 3.36. The minimum atomic E-state index is -1.41. The molecule has 204 valence electrons. The van der Waals surface area contributed by atoms with Crippen molar-refractivity contribution >= 4 is 37.7 Å². The summed E-state index contributed by atoms with van der Waals surface area (Å²) in [5, 5.41) is 0.329. The van der Waals surface area contributed by atoms with E-state index in [1.807, 2.05) is 58.0 Å². The van der Waals surface area contributed by atoms with Crippen molar-refractivity contribution in [2.45, 2.75) is 45.8 Å². The first-order valence-corrected chi connectivity index (χ1v) is 12.9. The molecule has 2 aromatic rings. The maximum absolute atomic E-state index is 12.8. The number of hydrogen-bond acceptors (Lipinski definition) is 9. The fraction of sp³-hybridized carbons (Fsp3) is 0.393. The van der Waals surface area contributed by atoms with Gasteiger partial charge in [0.25, 0.3) is 0 Å². The summed E-state index contributed by atoms with van der Waals surface area (Å²) in [6.07, 6.45) is 0. The maximum Gasteiger partial charge on any atom is 0.628 e. The van der Waals surface area contributed by atoms with Crippen molar-refractivity contribution in [1.29, 1.82) is 0 Å². The number of ether oxygens (including phenoxy) is 1. The van der Waals surface area contributed by atoms with Crippen molar-refractivity contribution in [2.24, 2.45) is 0 Å². The van der Waals surface area contributed by atoms with Crippen molar-refractivity contribution < 1.29 is 37.7 Å². The maximum atomic E-state index is 12.8. The first-order chi connectivity index (χ1) is 18.4. The Morgan fingerprint density at radius 1 is 0.821 bits per heavy atom. The number of rotatable bonds is 6. The number of carbonyl (C=O) groups excluding carboxylic acids is 3. The van der Waals surface area contributed by atoms with Crippen LogP contribution in [0.15, 0.2) is 60.0 Å². The molecule has 2 saturated heterocycles. The zero-order valence-electron chi connectivity index (χ0n) is 23.2. The highest BCUT2D eigenvalue weighted by molar-refractivity contribution is 6.81. The average Bonchev–Trinajstić information content (AvgIpc) is 3.08. The van der Waals surface area contributed by atoms with E-state index in [-0.39, 0.29) is 19.7 Å². The van der Waals surface area contributed by atoms with Gasteiger partial charge in [-0.3, -0.25) is 14.5 Å². The van der Waals surface area contributed by atoms with Gasteiger partial charge >= 0.3 is 32.1 Å². The third-order valence-electron chi connectivity index (χ3n) is 7.07. The number of likely N-dealkylation sites (N-methyl/N-ethyl adjacent to an activating group) is 1. The predicted molar refractivity (Wildman–Crippen MR) is 146 cm³/mol. The Balaban J connectivity index is 1.94. The number of benzene rings is 2. The lowest BCUT2D eigenvalue weighted by atomic mass is 9.54. The topological polar surface area (TPSA) is 101 Å². The third kappa shape index (κ3) is 6.27. The molecule has 4 rings (SSSR count). The summed E-state index contributed by atoms with van der Waals surface area (Å²) in [6, 6.07) is 16.2. The molecule has 2 aliphatic rings. The van der Waals surface area contributed by atoms with Gasteiger partial charge in [-0.25, -0.2) is 4.79 Å². The minimum absolute atomic E-state index is 0.0862. The van der Waals surface area contributed by atoms with Crippen molar-refractivity contribution in [3.8, 4) is 0 Å². The Hall–Kier alpha value is -3.40. The van der Waals surface area contributed by atoms with Gasteiger partial charge < -0.3 is 23.4 Å². The lowest BCUT2D eigenvalue weighted by molar-refractivity contribution is -0.145. The monoisotopic (exact) mass is 533 g/mol. The molecule has 0 spiro atoms. The van der Waals surface area contributed by atoms with Crippen LogP contribution in [-0.4, -0.2) is 75.0 Å². The summed E-state index contributed by atoms with van der Waals surface area (Å²) in [6.45, 7) is 9.47. The van der Waals surface area contributed by atoms with E-state index in [1.54, 1.807) is 38.2 Å². The normalized spacial score (nSPS) is 19.9. The molecule has 0 atom stereocenters. The SMILES string of the molecule is CCOC(=O)c1ccc(/C(=C(/B2OC(=O)CN(C)CC(=O)O2)B2OC(C)(C)C(C)(C)O2)c2ccccc2)cc1. The molecular formula is C28H33B2NO8. The van der Waals surface area contributed by atoms with Crippen LogP contribution >= 0.6 is 0 Å². The molecule has 0 saturated carbocycles. The van der Waals surface area contributed by atoms with E-state index in [4.69, 9.17) is 23.4 Å². The van der Waals surface area contributed by atoms with E-state index in [1.165, 1.54) is 4.90 Å². The van der Waals surface area contributed by atoms with Crippen molar-refractivity contribution in [1.82, 2.24) is 4.90 Å². The summed E-state index contributed by atoms with van der Waals surface area (Å²) in [7, 11) is -0.792. The quantitative estimate of drug-likeness (QED) is 0.409. The van der Waals surface area contributed by atoms with Crippen LogP contribution in [0.2, 0.25) is 0 Å². The highest BCUT2D eigenvalue weighted by atomic mass is 16.7. The first kappa shape index (κ1) is 28.6. The van der Waals surface area contributed by atoms with E-state index in [9.17, 15) is 14.4 Å². The molecule has 0 amide bonds. The summed E-state index contributed by atoms with van der Waals surface area (Å²) in [5.41, 5.74) is 0.937. The van der Waals surface area contributed by atoms with E-state index in [2.05, 4.69) is 0 Å². The van der Waals surface area contributed by atoms with Crippen LogP contribution < -0.4 is 0 Å². The van der Waals surface area contributed by atoms with Crippen molar-refractivity contribution in [3.05, 3.63) is 76.7 Å². The highest BCUT2D eigenvalue weighted by Crippen LogP contribution is 2.42. The summed E-state index contributed by atoms with van der Waals surface area (Å²) < 4.78 is 29.4. The molecule has 0 aliphatic carbocycles. The molecule has 39 heavy (non-hydrogen) atoms. The van der Waals surface area contributed by atoms with Gasteiger partial charge in [0.15, 0.2) is 0 Å². The van der Waals surface area contributed by atoms with E-state index < -0.39 is 43.3 Å². The fourth-order valence-electron chi connectivity index (χ4n) is 4.37.